The van der Waals surface area contributed by atoms with Gasteiger partial charge in [-0.3, -0.25) is 0 Å². The molecule has 1 heterocycles. The molecule has 2 saturated carbocycles. The third-order valence-electron chi connectivity index (χ3n) is 4.63. The van der Waals surface area contributed by atoms with Gasteiger partial charge in [-0.2, -0.15) is 0 Å². The number of anilines is 2. The Morgan fingerprint density at radius 2 is 1.50 bits per heavy atom. The van der Waals surface area contributed by atoms with Gasteiger partial charge in [0.2, 0.25) is 0 Å². The van der Waals surface area contributed by atoms with E-state index in [9.17, 15) is 0 Å². The first kappa shape index (κ1) is 13.8. The van der Waals surface area contributed by atoms with Gasteiger partial charge >= 0.3 is 0 Å². The largest absolute Gasteiger partial charge is 0.364 e. The second-order valence-electron chi connectivity index (χ2n) is 6.53. The van der Waals surface area contributed by atoms with Crippen molar-refractivity contribution in [3.63, 3.8) is 0 Å². The summed E-state index contributed by atoms with van der Waals surface area (Å²) >= 11 is 0. The minimum atomic E-state index is 0.204. The lowest BCUT2D eigenvalue weighted by Crippen LogP contribution is -2.43. The predicted octanol–water partition coefficient (Wildman–Crippen LogP) is 2.89. The third-order valence-corrected chi connectivity index (χ3v) is 4.63. The molecule has 1 aromatic carbocycles. The monoisotopic (exact) mass is 297 g/mol. The smallest absolute Gasteiger partial charge is 0.170 e. The molecule has 0 spiro atoms. The van der Waals surface area contributed by atoms with Crippen LogP contribution in [-0.2, 0) is 0 Å². The summed E-state index contributed by atoms with van der Waals surface area (Å²) in [5, 5.41) is 7.07. The van der Waals surface area contributed by atoms with Gasteiger partial charge in [-0.15, -0.1) is 0 Å². The van der Waals surface area contributed by atoms with E-state index in [-0.39, 0.29) is 6.04 Å². The van der Waals surface area contributed by atoms with Crippen molar-refractivity contribution in [1.29, 1.82) is 0 Å². The van der Waals surface area contributed by atoms with Crippen LogP contribution in [0.4, 0.5) is 11.6 Å². The molecule has 0 amide bonds. The molecule has 1 aromatic heterocycles. The van der Waals surface area contributed by atoms with Crippen LogP contribution in [0.3, 0.4) is 0 Å². The predicted molar refractivity (Wildman–Crippen MR) is 90.0 cm³/mol. The van der Waals surface area contributed by atoms with E-state index in [4.69, 9.17) is 15.7 Å². The number of para-hydroxylation sites is 2. The van der Waals surface area contributed by atoms with Crippen molar-refractivity contribution >= 4 is 22.7 Å². The molecule has 5 nitrogen and oxygen atoms in total. The van der Waals surface area contributed by atoms with E-state index < -0.39 is 0 Å². The molecule has 116 valence electrons. The molecule has 2 aliphatic rings. The van der Waals surface area contributed by atoms with Crippen LogP contribution in [0, 0.1) is 0 Å². The lowest BCUT2D eigenvalue weighted by atomic mass is 9.91. The number of fused-ring (bicyclic) bond motifs is 1. The minimum absolute atomic E-state index is 0.204. The van der Waals surface area contributed by atoms with Crippen LogP contribution in [0.2, 0.25) is 0 Å². The highest BCUT2D eigenvalue weighted by Crippen LogP contribution is 2.30. The molecule has 4 N–H and O–H groups in total. The van der Waals surface area contributed by atoms with Gasteiger partial charge in [0, 0.05) is 18.1 Å². The Morgan fingerprint density at radius 3 is 2.14 bits per heavy atom. The van der Waals surface area contributed by atoms with Crippen molar-refractivity contribution < 1.29 is 0 Å². The first-order valence-electron chi connectivity index (χ1n) is 8.35. The Kier molecular flexibility index (Phi) is 3.58. The van der Waals surface area contributed by atoms with Crippen LogP contribution in [-0.4, -0.2) is 28.1 Å². The molecule has 0 unspecified atom stereocenters. The van der Waals surface area contributed by atoms with E-state index in [0.717, 1.165) is 35.5 Å². The van der Waals surface area contributed by atoms with E-state index in [1.807, 2.05) is 24.3 Å². The zero-order chi connectivity index (χ0) is 14.9. The zero-order valence-electron chi connectivity index (χ0n) is 12.8. The van der Waals surface area contributed by atoms with Crippen LogP contribution in [0.5, 0.6) is 0 Å². The van der Waals surface area contributed by atoms with E-state index in [2.05, 4.69) is 10.6 Å². The molecule has 2 atom stereocenters. The Labute approximate surface area is 130 Å². The number of hydrogen-bond acceptors (Lipinski definition) is 5. The average Bonchev–Trinajstić information content (AvgIpc) is 3.34. The van der Waals surface area contributed by atoms with E-state index in [1.54, 1.807) is 0 Å². The molecule has 2 aromatic rings. The molecule has 5 heteroatoms. The van der Waals surface area contributed by atoms with Crippen molar-refractivity contribution in [3.05, 3.63) is 24.3 Å². The van der Waals surface area contributed by atoms with E-state index in [0.29, 0.717) is 12.1 Å². The van der Waals surface area contributed by atoms with Gasteiger partial charge in [-0.25, -0.2) is 9.97 Å². The molecule has 0 saturated heterocycles. The quantitative estimate of drug-likeness (QED) is 0.809. The zero-order valence-corrected chi connectivity index (χ0v) is 12.8. The lowest BCUT2D eigenvalue weighted by Gasteiger charge is -2.30. The Morgan fingerprint density at radius 1 is 0.864 bits per heavy atom. The highest BCUT2D eigenvalue weighted by molar-refractivity contribution is 5.80. The summed E-state index contributed by atoms with van der Waals surface area (Å²) in [6, 6.07) is 9.07. The number of aromatic nitrogens is 2. The highest BCUT2D eigenvalue weighted by Gasteiger charge is 2.26. The fraction of sp³-hybridized carbons (Fsp3) is 0.529. The molecule has 4 rings (SSSR count). The number of rotatable bonds is 4. The molecule has 2 aliphatic carbocycles. The molecule has 22 heavy (non-hydrogen) atoms. The maximum atomic E-state index is 6.27. The number of nitrogens with one attached hydrogen (secondary N) is 2. The van der Waals surface area contributed by atoms with Crippen LogP contribution in [0.15, 0.2) is 24.3 Å². The van der Waals surface area contributed by atoms with E-state index in [1.165, 1.54) is 25.7 Å². The topological polar surface area (TPSA) is 75.9 Å². The maximum absolute atomic E-state index is 6.27. The molecule has 2 fully saturated rings. The summed E-state index contributed by atoms with van der Waals surface area (Å²) in [6.45, 7) is 0. The van der Waals surface area contributed by atoms with Crippen LogP contribution >= 0.6 is 0 Å². The summed E-state index contributed by atoms with van der Waals surface area (Å²) in [6.07, 6.45) is 7.10. The highest BCUT2D eigenvalue weighted by atomic mass is 15.1. The lowest BCUT2D eigenvalue weighted by molar-refractivity contribution is 0.403. The fourth-order valence-corrected chi connectivity index (χ4v) is 3.14. The number of benzene rings is 1. The average molecular weight is 297 g/mol. The van der Waals surface area contributed by atoms with Gasteiger partial charge in [0.25, 0.3) is 0 Å². The Balaban J connectivity index is 1.66. The van der Waals surface area contributed by atoms with Gasteiger partial charge in [-0.1, -0.05) is 25.0 Å². The summed E-state index contributed by atoms with van der Waals surface area (Å²) < 4.78 is 0. The van der Waals surface area contributed by atoms with Gasteiger partial charge in [0.1, 0.15) is 0 Å². The fourth-order valence-electron chi connectivity index (χ4n) is 3.14. The Hall–Kier alpha value is -1.88. The second-order valence-corrected chi connectivity index (χ2v) is 6.53. The first-order valence-corrected chi connectivity index (χ1v) is 8.35. The standard InChI is InChI=1S/C17H23N5/c18-12-5-1-2-6-13(12)20-17-16(19-11-9-10-11)21-14-7-3-4-8-15(14)22-17/h3-4,7-8,11-13H,1-2,5-6,9-10,18H2,(H,19,21)(H,20,22)/t12-,13-/m0/s1. The number of hydrogen-bond donors (Lipinski definition) is 3. The summed E-state index contributed by atoms with van der Waals surface area (Å²) in [5.74, 6) is 1.73. The number of nitrogens with two attached hydrogens (primary N) is 1. The SMILES string of the molecule is N[C@H]1CCCC[C@@H]1Nc1nc2ccccc2nc1NC1CC1. The molecule has 0 bridgehead atoms. The van der Waals surface area contributed by atoms with Crippen LogP contribution < -0.4 is 16.4 Å². The molecular weight excluding hydrogens is 274 g/mol. The van der Waals surface area contributed by atoms with Crippen molar-refractivity contribution in [2.75, 3.05) is 10.6 Å². The van der Waals surface area contributed by atoms with Gasteiger partial charge < -0.3 is 16.4 Å². The second kappa shape index (κ2) is 5.72. The number of nitrogens with zero attached hydrogens (tertiary/aromatic N) is 2. The van der Waals surface area contributed by atoms with Crippen LogP contribution in [0.1, 0.15) is 38.5 Å². The Bertz CT molecular complexity index is 667. The molecular formula is C17H23N5. The maximum Gasteiger partial charge on any atom is 0.170 e. The summed E-state index contributed by atoms with van der Waals surface area (Å²) in [7, 11) is 0. The van der Waals surface area contributed by atoms with Gasteiger partial charge in [0.15, 0.2) is 11.6 Å². The normalized spacial score (nSPS) is 25.1. The van der Waals surface area contributed by atoms with Crippen LogP contribution in [0.25, 0.3) is 11.0 Å². The molecule has 0 aliphatic heterocycles. The first-order chi connectivity index (χ1) is 10.8. The van der Waals surface area contributed by atoms with Crippen molar-refractivity contribution in [2.45, 2.75) is 56.7 Å². The van der Waals surface area contributed by atoms with Crippen molar-refractivity contribution in [3.8, 4) is 0 Å². The molecule has 0 radical (unpaired) electrons. The van der Waals surface area contributed by atoms with Gasteiger partial charge in [-0.05, 0) is 37.8 Å². The minimum Gasteiger partial charge on any atom is -0.364 e. The summed E-state index contributed by atoms with van der Waals surface area (Å²) in [4.78, 5) is 9.56. The van der Waals surface area contributed by atoms with E-state index >= 15 is 0 Å². The van der Waals surface area contributed by atoms with Crippen molar-refractivity contribution in [2.24, 2.45) is 5.73 Å². The third kappa shape index (κ3) is 2.86. The van der Waals surface area contributed by atoms with Gasteiger partial charge in [0.05, 0.1) is 11.0 Å². The van der Waals surface area contributed by atoms with Crippen molar-refractivity contribution in [1.82, 2.24) is 9.97 Å². The summed E-state index contributed by atoms with van der Waals surface area (Å²) in [5.41, 5.74) is 8.13.